The van der Waals surface area contributed by atoms with E-state index in [-0.39, 0.29) is 0 Å². The molecule has 22 heavy (non-hydrogen) atoms. The molecule has 2 saturated heterocycles. The van der Waals surface area contributed by atoms with Gasteiger partial charge in [-0.1, -0.05) is 30.3 Å². The third-order valence-corrected chi connectivity index (χ3v) is 4.95. The molecule has 0 aliphatic carbocycles. The zero-order valence-electron chi connectivity index (χ0n) is 13.6. The minimum Gasteiger partial charge on any atom is -0.345 e. The molecule has 0 radical (unpaired) electrons. The molecule has 0 saturated carbocycles. The van der Waals surface area contributed by atoms with Crippen LogP contribution in [-0.2, 0) is 11.3 Å². The van der Waals surface area contributed by atoms with Crippen LogP contribution in [0.2, 0.25) is 0 Å². The van der Waals surface area contributed by atoms with Crippen molar-refractivity contribution in [1.82, 2.24) is 14.7 Å². The predicted molar refractivity (Wildman–Crippen MR) is 88.5 cm³/mol. The van der Waals surface area contributed by atoms with Gasteiger partial charge >= 0.3 is 0 Å². The first-order valence-corrected chi connectivity index (χ1v) is 8.43. The van der Waals surface area contributed by atoms with Gasteiger partial charge in [-0.3, -0.25) is 9.69 Å². The summed E-state index contributed by atoms with van der Waals surface area (Å²) in [4.78, 5) is 18.6. The Labute approximate surface area is 133 Å². The molecule has 2 aliphatic rings. The normalized spacial score (nSPS) is 24.7. The number of carbonyl (C=O) groups excluding carboxylic acids is 1. The van der Waals surface area contributed by atoms with Gasteiger partial charge in [0.1, 0.15) is 0 Å². The van der Waals surface area contributed by atoms with Crippen molar-refractivity contribution in [3.8, 4) is 0 Å². The van der Waals surface area contributed by atoms with Crippen molar-refractivity contribution in [2.45, 2.75) is 19.4 Å². The molecule has 0 aromatic heterocycles. The molecular formula is C18H27N3O. The summed E-state index contributed by atoms with van der Waals surface area (Å²) < 4.78 is 0. The maximum atomic E-state index is 11.6. The lowest BCUT2D eigenvalue weighted by molar-refractivity contribution is -0.133. The molecule has 0 bridgehead atoms. The largest absolute Gasteiger partial charge is 0.345 e. The summed E-state index contributed by atoms with van der Waals surface area (Å²) in [6.45, 7) is 7.75. The minimum atomic E-state index is 0.309. The highest BCUT2D eigenvalue weighted by Crippen LogP contribution is 2.18. The van der Waals surface area contributed by atoms with Gasteiger partial charge in [0.2, 0.25) is 5.91 Å². The minimum absolute atomic E-state index is 0.309. The number of piperazine rings is 1. The Morgan fingerprint density at radius 1 is 1.05 bits per heavy atom. The topological polar surface area (TPSA) is 26.8 Å². The van der Waals surface area contributed by atoms with Crippen LogP contribution in [0.3, 0.4) is 0 Å². The molecule has 0 spiro atoms. The first-order valence-electron chi connectivity index (χ1n) is 8.43. The molecule has 1 atom stereocenters. The van der Waals surface area contributed by atoms with E-state index in [0.717, 1.165) is 58.7 Å². The SMILES string of the molecule is CN1CC(CN2CCN(Cc3ccccc3)CC2)CCC1=O. The van der Waals surface area contributed by atoms with Crippen molar-refractivity contribution in [2.24, 2.45) is 5.92 Å². The van der Waals surface area contributed by atoms with E-state index in [1.807, 2.05) is 11.9 Å². The first-order chi connectivity index (χ1) is 10.7. The van der Waals surface area contributed by atoms with Gasteiger partial charge in [0.05, 0.1) is 0 Å². The Bertz CT molecular complexity index is 482. The highest BCUT2D eigenvalue weighted by atomic mass is 16.2. The number of hydrogen-bond acceptors (Lipinski definition) is 3. The van der Waals surface area contributed by atoms with Crippen LogP contribution in [0.1, 0.15) is 18.4 Å². The highest BCUT2D eigenvalue weighted by molar-refractivity contribution is 5.76. The second kappa shape index (κ2) is 7.25. The predicted octanol–water partition coefficient (Wildman–Crippen LogP) is 1.67. The molecule has 2 aliphatic heterocycles. The summed E-state index contributed by atoms with van der Waals surface area (Å²) >= 11 is 0. The van der Waals surface area contributed by atoms with Crippen LogP contribution in [0.25, 0.3) is 0 Å². The van der Waals surface area contributed by atoms with Crippen molar-refractivity contribution in [1.29, 1.82) is 0 Å². The molecule has 4 nitrogen and oxygen atoms in total. The van der Waals surface area contributed by atoms with E-state index in [1.54, 1.807) is 0 Å². The fourth-order valence-electron chi connectivity index (χ4n) is 3.58. The van der Waals surface area contributed by atoms with Gasteiger partial charge in [-0.2, -0.15) is 0 Å². The molecular weight excluding hydrogens is 274 g/mol. The second-order valence-electron chi connectivity index (χ2n) is 6.74. The van der Waals surface area contributed by atoms with Crippen molar-refractivity contribution >= 4 is 5.91 Å². The third kappa shape index (κ3) is 4.08. The van der Waals surface area contributed by atoms with Crippen molar-refractivity contribution < 1.29 is 4.79 Å². The lowest BCUT2D eigenvalue weighted by atomic mass is 9.97. The van der Waals surface area contributed by atoms with Gasteiger partial charge in [-0.05, 0) is 17.9 Å². The second-order valence-corrected chi connectivity index (χ2v) is 6.74. The summed E-state index contributed by atoms with van der Waals surface area (Å²) in [5, 5.41) is 0. The van der Waals surface area contributed by atoms with E-state index in [0.29, 0.717) is 11.8 Å². The number of amides is 1. The number of piperidine rings is 1. The Hall–Kier alpha value is -1.39. The molecule has 2 heterocycles. The summed E-state index contributed by atoms with van der Waals surface area (Å²) in [7, 11) is 1.94. The Morgan fingerprint density at radius 2 is 1.73 bits per heavy atom. The van der Waals surface area contributed by atoms with Crippen LogP contribution in [0.5, 0.6) is 0 Å². The van der Waals surface area contributed by atoms with Crippen molar-refractivity contribution in [3.05, 3.63) is 35.9 Å². The average Bonchev–Trinajstić information content (AvgIpc) is 2.54. The Balaban J connectivity index is 1.41. The highest BCUT2D eigenvalue weighted by Gasteiger charge is 2.26. The number of benzene rings is 1. The molecule has 0 N–H and O–H groups in total. The maximum Gasteiger partial charge on any atom is 0.222 e. The smallest absolute Gasteiger partial charge is 0.222 e. The first kappa shape index (κ1) is 15.5. The van der Waals surface area contributed by atoms with Crippen LogP contribution in [0.4, 0.5) is 0 Å². The number of nitrogens with zero attached hydrogens (tertiary/aromatic N) is 3. The number of carbonyl (C=O) groups is 1. The molecule has 2 fully saturated rings. The van der Waals surface area contributed by atoms with Crippen molar-refractivity contribution in [2.75, 3.05) is 46.3 Å². The third-order valence-electron chi connectivity index (χ3n) is 4.95. The number of hydrogen-bond donors (Lipinski definition) is 0. The van der Waals surface area contributed by atoms with E-state index in [4.69, 9.17) is 0 Å². The summed E-state index contributed by atoms with van der Waals surface area (Å²) in [5.41, 5.74) is 1.41. The fourth-order valence-corrected chi connectivity index (χ4v) is 3.58. The van der Waals surface area contributed by atoms with Crippen LogP contribution in [-0.4, -0.2) is 66.9 Å². The molecule has 3 rings (SSSR count). The maximum absolute atomic E-state index is 11.6. The van der Waals surface area contributed by atoms with Gasteiger partial charge in [0.25, 0.3) is 0 Å². The van der Waals surface area contributed by atoms with Crippen LogP contribution in [0, 0.1) is 5.92 Å². The van der Waals surface area contributed by atoms with E-state index in [1.165, 1.54) is 5.56 Å². The average molecular weight is 301 g/mol. The summed E-state index contributed by atoms with van der Waals surface area (Å²) in [6.07, 6.45) is 1.79. The monoisotopic (exact) mass is 301 g/mol. The Morgan fingerprint density at radius 3 is 2.41 bits per heavy atom. The number of rotatable bonds is 4. The molecule has 1 aromatic carbocycles. The zero-order valence-corrected chi connectivity index (χ0v) is 13.6. The molecule has 1 aromatic rings. The number of likely N-dealkylation sites (tertiary alicyclic amines) is 1. The van der Waals surface area contributed by atoms with Crippen LogP contribution < -0.4 is 0 Å². The summed E-state index contributed by atoms with van der Waals surface area (Å²) in [6, 6.07) is 10.7. The van der Waals surface area contributed by atoms with Crippen LogP contribution in [0.15, 0.2) is 30.3 Å². The van der Waals surface area contributed by atoms with E-state index in [2.05, 4.69) is 40.1 Å². The molecule has 120 valence electrons. The van der Waals surface area contributed by atoms with Gasteiger partial charge in [0, 0.05) is 59.3 Å². The van der Waals surface area contributed by atoms with Crippen molar-refractivity contribution in [3.63, 3.8) is 0 Å². The Kier molecular flexibility index (Phi) is 5.11. The summed E-state index contributed by atoms with van der Waals surface area (Å²) in [5.74, 6) is 0.965. The van der Waals surface area contributed by atoms with E-state index in [9.17, 15) is 4.79 Å². The van der Waals surface area contributed by atoms with Gasteiger partial charge < -0.3 is 9.80 Å². The molecule has 1 amide bonds. The standard InChI is InChI=1S/C18H27N3O/c1-19-13-17(7-8-18(19)22)15-21-11-9-20(10-12-21)14-16-5-3-2-4-6-16/h2-6,17H,7-15H2,1H3. The van der Waals surface area contributed by atoms with Crippen LogP contribution >= 0.6 is 0 Å². The molecule has 1 unspecified atom stereocenters. The van der Waals surface area contributed by atoms with Gasteiger partial charge in [0.15, 0.2) is 0 Å². The van der Waals surface area contributed by atoms with E-state index >= 15 is 0 Å². The van der Waals surface area contributed by atoms with Gasteiger partial charge in [-0.15, -0.1) is 0 Å². The zero-order chi connectivity index (χ0) is 15.4. The van der Waals surface area contributed by atoms with Gasteiger partial charge in [-0.25, -0.2) is 0 Å². The lowest BCUT2D eigenvalue weighted by Gasteiger charge is -2.38. The fraction of sp³-hybridized carbons (Fsp3) is 0.611. The lowest BCUT2D eigenvalue weighted by Crippen LogP contribution is -2.49. The molecule has 4 heteroatoms. The van der Waals surface area contributed by atoms with E-state index < -0.39 is 0 Å². The quantitative estimate of drug-likeness (QED) is 0.846.